The number of rotatable bonds is 5. The molecule has 0 saturated carbocycles. The fraction of sp³-hybridized carbons (Fsp3) is 0.643. The Morgan fingerprint density at radius 3 is 3.21 bits per heavy atom. The van der Waals surface area contributed by atoms with Crippen molar-refractivity contribution in [1.82, 2.24) is 10.3 Å². The number of nitrogens with one attached hydrogen (secondary N) is 1. The van der Waals surface area contributed by atoms with Gasteiger partial charge in [-0.2, -0.15) is 0 Å². The first-order valence-electron chi connectivity index (χ1n) is 6.91. The van der Waals surface area contributed by atoms with E-state index in [4.69, 9.17) is 4.74 Å². The Kier molecular flexibility index (Phi) is 5.13. The Bertz CT molecular complexity index is 400. The molecule has 1 aromatic heterocycles. The zero-order valence-electron chi connectivity index (χ0n) is 11.7. The maximum absolute atomic E-state index is 9.49. The van der Waals surface area contributed by atoms with Gasteiger partial charge in [-0.3, -0.25) is 0 Å². The molecule has 2 rings (SSSR count). The molecule has 19 heavy (non-hydrogen) atoms. The van der Waals surface area contributed by atoms with Gasteiger partial charge in [0, 0.05) is 24.3 Å². The van der Waals surface area contributed by atoms with Gasteiger partial charge in [0.15, 0.2) is 0 Å². The molecule has 5 nitrogen and oxygen atoms in total. The van der Waals surface area contributed by atoms with Crippen molar-refractivity contribution < 1.29 is 9.84 Å². The second-order valence-electron chi connectivity index (χ2n) is 4.80. The summed E-state index contributed by atoms with van der Waals surface area (Å²) in [7, 11) is 0. The van der Waals surface area contributed by atoms with Gasteiger partial charge in [-0.15, -0.1) is 0 Å². The average molecular weight is 265 g/mol. The van der Waals surface area contributed by atoms with Gasteiger partial charge in [0.05, 0.1) is 25.9 Å². The number of aromatic nitrogens is 1. The summed E-state index contributed by atoms with van der Waals surface area (Å²) in [5.74, 6) is 0.957. The molecule has 2 atom stereocenters. The van der Waals surface area contributed by atoms with E-state index in [1.165, 1.54) is 5.56 Å². The van der Waals surface area contributed by atoms with Crippen molar-refractivity contribution in [3.8, 4) is 0 Å². The van der Waals surface area contributed by atoms with Crippen LogP contribution in [0.25, 0.3) is 0 Å². The first kappa shape index (κ1) is 14.2. The zero-order valence-corrected chi connectivity index (χ0v) is 11.7. The summed E-state index contributed by atoms with van der Waals surface area (Å²) in [5, 5.41) is 12.9. The Balaban J connectivity index is 2.27. The van der Waals surface area contributed by atoms with Gasteiger partial charge in [-0.25, -0.2) is 4.98 Å². The molecular formula is C14H23N3O2. The van der Waals surface area contributed by atoms with Crippen molar-refractivity contribution in [3.63, 3.8) is 0 Å². The van der Waals surface area contributed by atoms with Crippen LogP contribution in [0.5, 0.6) is 0 Å². The molecule has 0 bridgehead atoms. The SMILES string of the molecule is CCNC(C)c1cccnc1N1CCOCC1CO. The van der Waals surface area contributed by atoms with Gasteiger partial charge in [0.2, 0.25) is 0 Å². The standard InChI is InChI=1S/C14H23N3O2/c1-3-15-11(2)13-5-4-6-16-14(13)17-7-8-19-10-12(17)9-18/h4-6,11-12,15,18H,3,7-10H2,1-2H3. The van der Waals surface area contributed by atoms with Gasteiger partial charge in [-0.1, -0.05) is 13.0 Å². The van der Waals surface area contributed by atoms with E-state index in [-0.39, 0.29) is 18.7 Å². The molecule has 2 N–H and O–H groups in total. The number of anilines is 1. The Hall–Kier alpha value is -1.17. The summed E-state index contributed by atoms with van der Waals surface area (Å²) in [5.41, 5.74) is 1.17. The second kappa shape index (κ2) is 6.84. The van der Waals surface area contributed by atoms with Crippen molar-refractivity contribution in [2.24, 2.45) is 0 Å². The lowest BCUT2D eigenvalue weighted by molar-refractivity contribution is 0.0721. The highest BCUT2D eigenvalue weighted by atomic mass is 16.5. The third-order valence-electron chi connectivity index (χ3n) is 3.50. The van der Waals surface area contributed by atoms with E-state index in [1.807, 2.05) is 6.07 Å². The molecule has 2 unspecified atom stereocenters. The maximum Gasteiger partial charge on any atom is 0.133 e. The summed E-state index contributed by atoms with van der Waals surface area (Å²) in [4.78, 5) is 6.68. The van der Waals surface area contributed by atoms with E-state index in [2.05, 4.69) is 35.1 Å². The summed E-state index contributed by atoms with van der Waals surface area (Å²) in [6.45, 7) is 7.25. The van der Waals surface area contributed by atoms with Crippen LogP contribution in [0.15, 0.2) is 18.3 Å². The highest BCUT2D eigenvalue weighted by molar-refractivity contribution is 5.49. The number of aliphatic hydroxyl groups is 1. The van der Waals surface area contributed by atoms with E-state index >= 15 is 0 Å². The number of hydrogen-bond donors (Lipinski definition) is 2. The van der Waals surface area contributed by atoms with E-state index in [0.717, 1.165) is 18.9 Å². The number of morpholine rings is 1. The lowest BCUT2D eigenvalue weighted by atomic mass is 10.1. The third kappa shape index (κ3) is 3.23. The minimum Gasteiger partial charge on any atom is -0.394 e. The Labute approximate surface area is 114 Å². The van der Waals surface area contributed by atoms with Gasteiger partial charge in [-0.05, 0) is 19.5 Å². The quantitative estimate of drug-likeness (QED) is 0.830. The summed E-state index contributed by atoms with van der Waals surface area (Å²) in [6, 6.07) is 4.30. The molecule has 0 aromatic carbocycles. The molecule has 2 heterocycles. The zero-order chi connectivity index (χ0) is 13.7. The van der Waals surface area contributed by atoms with Crippen LogP contribution in [0.2, 0.25) is 0 Å². The molecule has 0 aliphatic carbocycles. The van der Waals surface area contributed by atoms with Crippen LogP contribution in [0, 0.1) is 0 Å². The number of aliphatic hydroxyl groups excluding tert-OH is 1. The molecule has 0 amide bonds. The minimum absolute atomic E-state index is 0.00349. The normalized spacial score (nSPS) is 21.4. The summed E-state index contributed by atoms with van der Waals surface area (Å²) in [6.07, 6.45) is 1.81. The highest BCUT2D eigenvalue weighted by Crippen LogP contribution is 2.26. The van der Waals surface area contributed by atoms with Crippen molar-refractivity contribution in [1.29, 1.82) is 0 Å². The van der Waals surface area contributed by atoms with E-state index < -0.39 is 0 Å². The van der Waals surface area contributed by atoms with Crippen molar-refractivity contribution in [2.45, 2.75) is 25.9 Å². The fourth-order valence-electron chi connectivity index (χ4n) is 2.49. The van der Waals surface area contributed by atoms with Crippen molar-refractivity contribution >= 4 is 5.82 Å². The highest BCUT2D eigenvalue weighted by Gasteiger charge is 2.26. The summed E-state index contributed by atoms with van der Waals surface area (Å²) >= 11 is 0. The number of ether oxygens (including phenoxy) is 1. The van der Waals surface area contributed by atoms with Crippen LogP contribution in [0.3, 0.4) is 0 Å². The lowest BCUT2D eigenvalue weighted by Gasteiger charge is -2.37. The average Bonchev–Trinajstić information content (AvgIpc) is 2.47. The predicted molar refractivity (Wildman–Crippen MR) is 75.4 cm³/mol. The summed E-state index contributed by atoms with van der Waals surface area (Å²) < 4.78 is 5.43. The molecule has 106 valence electrons. The predicted octanol–water partition coefficient (Wildman–Crippen LogP) is 0.950. The van der Waals surface area contributed by atoms with E-state index in [9.17, 15) is 5.11 Å². The molecule has 0 radical (unpaired) electrons. The molecule has 1 fully saturated rings. The van der Waals surface area contributed by atoms with Gasteiger partial charge < -0.3 is 20.1 Å². The minimum atomic E-state index is -0.00349. The monoisotopic (exact) mass is 265 g/mol. The van der Waals surface area contributed by atoms with Crippen LogP contribution < -0.4 is 10.2 Å². The number of pyridine rings is 1. The first-order valence-corrected chi connectivity index (χ1v) is 6.91. The van der Waals surface area contributed by atoms with E-state index in [1.54, 1.807) is 6.20 Å². The third-order valence-corrected chi connectivity index (χ3v) is 3.50. The van der Waals surface area contributed by atoms with Crippen LogP contribution in [-0.2, 0) is 4.74 Å². The molecule has 1 aliphatic heterocycles. The van der Waals surface area contributed by atoms with Gasteiger partial charge in [0.1, 0.15) is 5.82 Å². The van der Waals surface area contributed by atoms with E-state index in [0.29, 0.717) is 13.2 Å². The largest absolute Gasteiger partial charge is 0.394 e. The molecule has 0 spiro atoms. The van der Waals surface area contributed by atoms with Crippen molar-refractivity contribution in [2.75, 3.05) is 37.8 Å². The molecule has 1 aromatic rings. The molecular weight excluding hydrogens is 242 g/mol. The van der Waals surface area contributed by atoms with Gasteiger partial charge >= 0.3 is 0 Å². The molecule has 5 heteroatoms. The van der Waals surface area contributed by atoms with Crippen molar-refractivity contribution in [3.05, 3.63) is 23.9 Å². The molecule has 1 saturated heterocycles. The number of nitrogens with zero attached hydrogens (tertiary/aromatic N) is 2. The smallest absolute Gasteiger partial charge is 0.133 e. The maximum atomic E-state index is 9.49. The second-order valence-corrected chi connectivity index (χ2v) is 4.80. The lowest BCUT2D eigenvalue weighted by Crippen LogP contribution is -2.48. The number of hydrogen-bond acceptors (Lipinski definition) is 5. The Morgan fingerprint density at radius 2 is 2.47 bits per heavy atom. The Morgan fingerprint density at radius 1 is 1.63 bits per heavy atom. The van der Waals surface area contributed by atoms with Gasteiger partial charge in [0.25, 0.3) is 0 Å². The van der Waals surface area contributed by atoms with Crippen LogP contribution in [0.4, 0.5) is 5.82 Å². The molecule has 1 aliphatic rings. The van der Waals surface area contributed by atoms with Crippen LogP contribution >= 0.6 is 0 Å². The first-order chi connectivity index (χ1) is 9.27. The topological polar surface area (TPSA) is 57.6 Å². The van der Waals surface area contributed by atoms with Crippen LogP contribution in [0.1, 0.15) is 25.5 Å². The van der Waals surface area contributed by atoms with Crippen LogP contribution in [-0.4, -0.2) is 49.0 Å². The fourth-order valence-corrected chi connectivity index (χ4v) is 2.49.